The summed E-state index contributed by atoms with van der Waals surface area (Å²) in [6.07, 6.45) is 0. The van der Waals surface area contributed by atoms with Crippen molar-refractivity contribution in [3.63, 3.8) is 0 Å². The number of amides is 1. The van der Waals surface area contributed by atoms with Gasteiger partial charge in [0.25, 0.3) is 22.9 Å². The molecule has 0 aliphatic heterocycles. The second-order valence-corrected chi connectivity index (χ2v) is 6.42. The van der Waals surface area contributed by atoms with Crippen LogP contribution in [0.25, 0.3) is 11.0 Å². The number of ketones is 2. The van der Waals surface area contributed by atoms with Crippen LogP contribution in [0.4, 0.5) is 11.6 Å². The number of rotatable bonds is 7. The van der Waals surface area contributed by atoms with Crippen molar-refractivity contribution in [1.29, 1.82) is 0 Å². The molecule has 2 aromatic heterocycles. The number of carbonyl (C=O) groups is 4. The topological polar surface area (TPSA) is 223 Å². The van der Waals surface area contributed by atoms with Gasteiger partial charge in [-0.15, -0.1) is 0 Å². The number of nitro groups is 1. The van der Waals surface area contributed by atoms with E-state index in [1.807, 2.05) is 5.32 Å². The van der Waals surface area contributed by atoms with Crippen LogP contribution in [0.15, 0.2) is 23.0 Å². The molecule has 32 heavy (non-hydrogen) atoms. The van der Waals surface area contributed by atoms with E-state index in [1.165, 1.54) is 0 Å². The van der Waals surface area contributed by atoms with Gasteiger partial charge < -0.3 is 9.72 Å². The molecule has 4 N–H and O–H groups in total. The summed E-state index contributed by atoms with van der Waals surface area (Å²) in [6, 6.07) is 3.24. The van der Waals surface area contributed by atoms with Crippen molar-refractivity contribution < 1.29 is 28.8 Å². The highest BCUT2D eigenvalue weighted by Gasteiger charge is 2.40. The summed E-state index contributed by atoms with van der Waals surface area (Å²) in [5.74, 6) is -8.46. The molecule has 15 nitrogen and oxygen atoms in total. The predicted octanol–water partition coefficient (Wildman–Crippen LogP) is -0.355. The molecule has 164 valence electrons. The molecule has 0 saturated carbocycles. The molecule has 0 spiro atoms. The van der Waals surface area contributed by atoms with Gasteiger partial charge in [-0.3, -0.25) is 44.8 Å². The van der Waals surface area contributed by atoms with Gasteiger partial charge in [-0.05, 0) is 18.3 Å². The number of esters is 1. The van der Waals surface area contributed by atoms with Crippen molar-refractivity contribution in [2.45, 2.75) is 5.92 Å². The molecule has 16 heteroatoms. The lowest BCUT2D eigenvalue weighted by Crippen LogP contribution is -2.39. The number of hydrogen-bond donors (Lipinski definition) is 4. The van der Waals surface area contributed by atoms with E-state index < -0.39 is 45.5 Å². The van der Waals surface area contributed by atoms with E-state index in [2.05, 4.69) is 29.9 Å². The lowest BCUT2D eigenvalue weighted by atomic mass is 9.94. The molecular formula is C16H11N7O8S. The third-order valence-corrected chi connectivity index (χ3v) is 4.25. The Labute approximate surface area is 180 Å². The standard InChI is InChI=1S/C16H11N7O8S/c1-31-14(28)11(25)8(10(24)13(27)19-15-20-16(32)22-21-15)9-12(26)18-7-4-5(23(29)30)2-3-6(7)17-9/h2-4,8H,1H3,(H,18,26)(H3,19,20,21,22,27,32). The van der Waals surface area contributed by atoms with E-state index in [0.717, 1.165) is 25.3 Å². The minimum atomic E-state index is -2.26. The number of nitrogens with zero attached hydrogens (tertiary/aromatic N) is 3. The maximum atomic E-state index is 12.7. The van der Waals surface area contributed by atoms with Crippen molar-refractivity contribution in [1.82, 2.24) is 25.1 Å². The molecule has 0 aliphatic carbocycles. The molecule has 1 atom stereocenters. The Morgan fingerprint density at radius 3 is 2.50 bits per heavy atom. The summed E-state index contributed by atoms with van der Waals surface area (Å²) < 4.78 is 4.27. The second kappa shape index (κ2) is 8.64. The van der Waals surface area contributed by atoms with Crippen LogP contribution in [-0.2, 0) is 23.9 Å². The van der Waals surface area contributed by atoms with Crippen LogP contribution in [0.3, 0.4) is 0 Å². The molecule has 2 heterocycles. The minimum absolute atomic E-state index is 0.0440. The summed E-state index contributed by atoms with van der Waals surface area (Å²) in [4.78, 5) is 81.9. The number of benzene rings is 1. The van der Waals surface area contributed by atoms with Crippen LogP contribution >= 0.6 is 12.2 Å². The van der Waals surface area contributed by atoms with Gasteiger partial charge in [0.2, 0.25) is 16.5 Å². The fraction of sp³-hybridized carbons (Fsp3) is 0.125. The summed E-state index contributed by atoms with van der Waals surface area (Å²) in [7, 11) is 0.864. The van der Waals surface area contributed by atoms with Crippen LogP contribution in [0.5, 0.6) is 0 Å². The number of ether oxygens (including phenoxy) is 1. The number of aromatic nitrogens is 5. The van der Waals surface area contributed by atoms with Crippen LogP contribution in [0.2, 0.25) is 0 Å². The van der Waals surface area contributed by atoms with E-state index in [4.69, 9.17) is 12.2 Å². The smallest absolute Gasteiger partial charge is 0.375 e. The van der Waals surface area contributed by atoms with Crippen molar-refractivity contribution >= 4 is 58.3 Å². The van der Waals surface area contributed by atoms with Crippen molar-refractivity contribution in [2.75, 3.05) is 12.4 Å². The fourth-order valence-electron chi connectivity index (χ4n) is 2.61. The zero-order valence-electron chi connectivity index (χ0n) is 15.8. The third-order valence-electron chi connectivity index (χ3n) is 4.05. The normalized spacial score (nSPS) is 11.5. The number of nitro benzene ring substituents is 1. The van der Waals surface area contributed by atoms with Gasteiger partial charge in [-0.25, -0.2) is 9.78 Å². The molecular weight excluding hydrogens is 450 g/mol. The summed E-state index contributed by atoms with van der Waals surface area (Å²) in [5, 5.41) is 17.6. The number of H-pyrrole nitrogens is 3. The van der Waals surface area contributed by atoms with Gasteiger partial charge in [-0.2, -0.15) is 4.98 Å². The summed E-state index contributed by atoms with van der Waals surface area (Å²) in [6.45, 7) is 0. The molecule has 0 saturated heterocycles. The summed E-state index contributed by atoms with van der Waals surface area (Å²) >= 11 is 4.71. The highest BCUT2D eigenvalue weighted by atomic mass is 32.1. The van der Waals surface area contributed by atoms with Crippen LogP contribution < -0.4 is 10.9 Å². The van der Waals surface area contributed by atoms with Crippen LogP contribution in [-0.4, -0.2) is 60.6 Å². The lowest BCUT2D eigenvalue weighted by molar-refractivity contribution is -0.384. The lowest BCUT2D eigenvalue weighted by Gasteiger charge is -2.12. The molecule has 0 aliphatic rings. The quantitative estimate of drug-likeness (QED) is 0.0888. The van der Waals surface area contributed by atoms with E-state index >= 15 is 0 Å². The van der Waals surface area contributed by atoms with Gasteiger partial charge in [0.15, 0.2) is 0 Å². The van der Waals surface area contributed by atoms with E-state index in [9.17, 15) is 34.1 Å². The number of fused-ring (bicyclic) bond motifs is 1. The van der Waals surface area contributed by atoms with Crippen LogP contribution in [0, 0.1) is 14.9 Å². The molecule has 3 aromatic rings. The van der Waals surface area contributed by atoms with Crippen molar-refractivity contribution in [2.24, 2.45) is 0 Å². The Hall–Kier alpha value is -4.60. The molecule has 0 radical (unpaired) electrons. The summed E-state index contributed by atoms with van der Waals surface area (Å²) in [5.41, 5.74) is -2.37. The Morgan fingerprint density at radius 2 is 1.91 bits per heavy atom. The molecule has 1 unspecified atom stereocenters. The molecule has 3 rings (SSSR count). The monoisotopic (exact) mass is 461 g/mol. The maximum Gasteiger partial charge on any atom is 0.375 e. The average molecular weight is 461 g/mol. The van der Waals surface area contributed by atoms with Gasteiger partial charge in [0, 0.05) is 12.1 Å². The first-order valence-electron chi connectivity index (χ1n) is 8.42. The number of aromatic amines is 3. The molecule has 1 amide bonds. The first-order chi connectivity index (χ1) is 15.1. The van der Waals surface area contributed by atoms with Crippen LogP contribution in [0.1, 0.15) is 11.6 Å². The Bertz CT molecular complexity index is 1410. The number of methoxy groups -OCH3 is 1. The van der Waals surface area contributed by atoms with Gasteiger partial charge in [0.05, 0.1) is 23.1 Å². The van der Waals surface area contributed by atoms with Gasteiger partial charge in [-0.1, -0.05) is 0 Å². The molecule has 1 aromatic carbocycles. The number of carbonyl (C=O) groups excluding carboxylic acids is 4. The van der Waals surface area contributed by atoms with Crippen molar-refractivity contribution in [3.05, 3.63) is 49.1 Å². The highest BCUT2D eigenvalue weighted by molar-refractivity contribution is 7.71. The Balaban J connectivity index is 2.08. The zero-order chi connectivity index (χ0) is 23.6. The van der Waals surface area contributed by atoms with Crippen molar-refractivity contribution in [3.8, 4) is 0 Å². The highest BCUT2D eigenvalue weighted by Crippen LogP contribution is 2.20. The number of non-ortho nitro benzene ring substituents is 1. The molecule has 0 bridgehead atoms. The number of nitrogens with one attached hydrogen (secondary N) is 4. The van der Waals surface area contributed by atoms with E-state index in [1.54, 1.807) is 0 Å². The first-order valence-corrected chi connectivity index (χ1v) is 8.83. The van der Waals surface area contributed by atoms with Gasteiger partial charge in [0.1, 0.15) is 11.6 Å². The van der Waals surface area contributed by atoms with E-state index in [-0.39, 0.29) is 27.4 Å². The number of Topliss-reactive ketones (excluding diaryl/α,β-unsaturated/α-hetero) is 2. The maximum absolute atomic E-state index is 12.7. The largest absolute Gasteiger partial charge is 0.463 e. The molecule has 0 fully saturated rings. The second-order valence-electron chi connectivity index (χ2n) is 6.03. The Morgan fingerprint density at radius 1 is 1.19 bits per heavy atom. The number of hydrogen-bond acceptors (Lipinski definition) is 11. The number of anilines is 1. The fourth-order valence-corrected chi connectivity index (χ4v) is 2.76. The first kappa shape index (κ1) is 22.1. The SMILES string of the molecule is COC(=O)C(=O)C(C(=O)C(=O)Nc1nc(=S)[nH][nH]1)c1nc2ccc([N+](=O)[O-])cc2[nH]c1=O. The third kappa shape index (κ3) is 4.29. The minimum Gasteiger partial charge on any atom is -0.463 e. The Kier molecular flexibility index (Phi) is 5.97. The predicted molar refractivity (Wildman–Crippen MR) is 106 cm³/mol. The van der Waals surface area contributed by atoms with Gasteiger partial charge >= 0.3 is 5.97 Å². The van der Waals surface area contributed by atoms with E-state index in [0.29, 0.717) is 0 Å². The average Bonchev–Trinajstić information content (AvgIpc) is 3.17. The zero-order valence-corrected chi connectivity index (χ0v) is 16.6.